The number of nitrogens with one attached hydrogen (secondary N) is 1. The number of hydrogen-bond acceptors (Lipinski definition) is 5. The molecule has 0 bridgehead atoms. The van der Waals surface area contributed by atoms with E-state index < -0.39 is 4.92 Å². The summed E-state index contributed by atoms with van der Waals surface area (Å²) >= 11 is 0. The Morgan fingerprint density at radius 1 is 1.25 bits per heavy atom. The maximum absolute atomic E-state index is 10.5. The van der Waals surface area contributed by atoms with E-state index in [2.05, 4.69) is 10.5 Å². The molecule has 0 aliphatic heterocycles. The number of anilines is 1. The van der Waals surface area contributed by atoms with E-state index >= 15 is 0 Å². The zero-order chi connectivity index (χ0) is 14.5. The molecule has 0 spiro atoms. The third-order valence-corrected chi connectivity index (χ3v) is 2.66. The Balaban J connectivity index is 2.06. The van der Waals surface area contributed by atoms with Crippen molar-refractivity contribution < 1.29 is 10.0 Å². The SMILES string of the molecule is Cc1ccc(O)c(/C=N/Nc2ccc([N+](=O)[O-])cc2)c1. The summed E-state index contributed by atoms with van der Waals surface area (Å²) in [6, 6.07) is 11.1. The zero-order valence-corrected chi connectivity index (χ0v) is 10.8. The first kappa shape index (κ1) is 13.5. The highest BCUT2D eigenvalue weighted by Crippen LogP contribution is 2.17. The number of aromatic hydroxyl groups is 1. The van der Waals surface area contributed by atoms with Crippen LogP contribution in [0.2, 0.25) is 0 Å². The van der Waals surface area contributed by atoms with E-state index in [1.807, 2.05) is 6.92 Å². The summed E-state index contributed by atoms with van der Waals surface area (Å²) in [5.74, 6) is 0.143. The van der Waals surface area contributed by atoms with Crippen molar-refractivity contribution in [1.82, 2.24) is 0 Å². The van der Waals surface area contributed by atoms with Gasteiger partial charge in [-0.25, -0.2) is 0 Å². The Labute approximate surface area is 115 Å². The molecule has 0 aliphatic rings. The molecule has 0 fully saturated rings. The fourth-order valence-corrected chi connectivity index (χ4v) is 1.61. The molecule has 0 saturated heterocycles. The van der Waals surface area contributed by atoms with Gasteiger partial charge in [0.05, 0.1) is 16.8 Å². The van der Waals surface area contributed by atoms with Gasteiger partial charge in [0.1, 0.15) is 5.75 Å². The van der Waals surface area contributed by atoms with E-state index in [1.54, 1.807) is 30.3 Å². The number of nitro benzene ring substituents is 1. The molecule has 0 heterocycles. The van der Waals surface area contributed by atoms with Gasteiger partial charge in [-0.2, -0.15) is 5.10 Å². The number of nitro groups is 1. The minimum absolute atomic E-state index is 0.0239. The Bertz CT molecular complexity index is 651. The number of hydrazone groups is 1. The molecule has 0 unspecified atom stereocenters. The Morgan fingerprint density at radius 3 is 2.60 bits per heavy atom. The first-order chi connectivity index (χ1) is 9.56. The monoisotopic (exact) mass is 271 g/mol. The molecule has 0 aromatic heterocycles. The van der Waals surface area contributed by atoms with Crippen molar-refractivity contribution in [3.05, 3.63) is 63.7 Å². The number of nitrogens with zero attached hydrogens (tertiary/aromatic N) is 2. The summed E-state index contributed by atoms with van der Waals surface area (Å²) in [7, 11) is 0. The number of hydrogen-bond donors (Lipinski definition) is 2. The third-order valence-electron chi connectivity index (χ3n) is 2.66. The van der Waals surface area contributed by atoms with Gasteiger partial charge < -0.3 is 5.11 Å². The lowest BCUT2D eigenvalue weighted by atomic mass is 10.1. The van der Waals surface area contributed by atoms with Crippen LogP contribution in [0, 0.1) is 17.0 Å². The molecular weight excluding hydrogens is 258 g/mol. The molecule has 20 heavy (non-hydrogen) atoms. The highest BCUT2D eigenvalue weighted by Gasteiger charge is 2.03. The fraction of sp³-hybridized carbons (Fsp3) is 0.0714. The fourth-order valence-electron chi connectivity index (χ4n) is 1.61. The van der Waals surface area contributed by atoms with Crippen molar-refractivity contribution in [1.29, 1.82) is 0 Å². The molecule has 0 aliphatic carbocycles. The standard InChI is InChI=1S/C14H13N3O3/c1-10-2-7-14(18)11(8-10)9-15-16-12-3-5-13(6-4-12)17(19)20/h2-9,16,18H,1H3/b15-9+. The van der Waals surface area contributed by atoms with Crippen LogP contribution in [0.4, 0.5) is 11.4 Å². The normalized spacial score (nSPS) is 10.7. The number of phenolic OH excluding ortho intramolecular Hbond substituents is 1. The van der Waals surface area contributed by atoms with Gasteiger partial charge in [-0.3, -0.25) is 15.5 Å². The van der Waals surface area contributed by atoms with Crippen molar-refractivity contribution in [3.63, 3.8) is 0 Å². The molecule has 2 N–H and O–H groups in total. The minimum atomic E-state index is -0.460. The number of non-ortho nitro benzene ring substituents is 1. The largest absolute Gasteiger partial charge is 0.507 e. The molecule has 2 rings (SSSR count). The lowest BCUT2D eigenvalue weighted by Gasteiger charge is -2.01. The molecular formula is C14H13N3O3. The van der Waals surface area contributed by atoms with Crippen molar-refractivity contribution >= 4 is 17.6 Å². The lowest BCUT2D eigenvalue weighted by Crippen LogP contribution is -1.92. The van der Waals surface area contributed by atoms with Crippen molar-refractivity contribution in [2.24, 2.45) is 5.10 Å². The maximum Gasteiger partial charge on any atom is 0.269 e. The van der Waals surface area contributed by atoms with Crippen molar-refractivity contribution in [3.8, 4) is 5.75 Å². The van der Waals surface area contributed by atoms with Crippen LogP contribution in [-0.4, -0.2) is 16.2 Å². The smallest absolute Gasteiger partial charge is 0.269 e. The van der Waals surface area contributed by atoms with Gasteiger partial charge in [-0.15, -0.1) is 0 Å². The minimum Gasteiger partial charge on any atom is -0.507 e. The second-order valence-corrected chi connectivity index (χ2v) is 4.24. The topological polar surface area (TPSA) is 87.8 Å². The van der Waals surface area contributed by atoms with Crippen LogP contribution in [-0.2, 0) is 0 Å². The highest BCUT2D eigenvalue weighted by molar-refractivity contribution is 5.84. The second kappa shape index (κ2) is 5.83. The molecule has 2 aromatic rings. The molecule has 6 nitrogen and oxygen atoms in total. The summed E-state index contributed by atoms with van der Waals surface area (Å²) < 4.78 is 0. The van der Waals surface area contributed by atoms with Gasteiger partial charge in [0, 0.05) is 17.7 Å². The summed E-state index contributed by atoms with van der Waals surface area (Å²) in [4.78, 5) is 10.0. The van der Waals surface area contributed by atoms with Crippen molar-refractivity contribution in [2.75, 3.05) is 5.43 Å². The molecule has 0 atom stereocenters. The first-order valence-electron chi connectivity index (χ1n) is 5.89. The Morgan fingerprint density at radius 2 is 1.95 bits per heavy atom. The Hall–Kier alpha value is -2.89. The summed E-state index contributed by atoms with van der Waals surface area (Å²) in [6.45, 7) is 1.92. The average molecular weight is 271 g/mol. The predicted molar refractivity (Wildman–Crippen MR) is 77.2 cm³/mol. The first-order valence-corrected chi connectivity index (χ1v) is 5.89. The summed E-state index contributed by atoms with van der Waals surface area (Å²) in [5.41, 5.74) is 5.00. The quantitative estimate of drug-likeness (QED) is 0.508. The van der Waals surface area contributed by atoms with E-state index in [-0.39, 0.29) is 11.4 Å². The number of aryl methyl sites for hydroxylation is 1. The van der Waals surface area contributed by atoms with Gasteiger partial charge in [0.15, 0.2) is 0 Å². The molecule has 0 amide bonds. The van der Waals surface area contributed by atoms with Crippen LogP contribution < -0.4 is 5.43 Å². The maximum atomic E-state index is 10.5. The zero-order valence-electron chi connectivity index (χ0n) is 10.8. The Kier molecular flexibility index (Phi) is 3.95. The van der Waals surface area contributed by atoms with Gasteiger partial charge in [0.25, 0.3) is 5.69 Å². The van der Waals surface area contributed by atoms with Crippen LogP contribution in [0.3, 0.4) is 0 Å². The second-order valence-electron chi connectivity index (χ2n) is 4.24. The molecule has 6 heteroatoms. The van der Waals surface area contributed by atoms with E-state index in [0.29, 0.717) is 11.3 Å². The predicted octanol–water partition coefficient (Wildman–Crippen LogP) is 3.05. The number of phenols is 1. The van der Waals surface area contributed by atoms with E-state index in [1.165, 1.54) is 18.3 Å². The lowest BCUT2D eigenvalue weighted by molar-refractivity contribution is -0.384. The van der Waals surface area contributed by atoms with E-state index in [0.717, 1.165) is 5.56 Å². The van der Waals surface area contributed by atoms with Gasteiger partial charge in [-0.1, -0.05) is 11.6 Å². The van der Waals surface area contributed by atoms with Crippen LogP contribution >= 0.6 is 0 Å². The van der Waals surface area contributed by atoms with Gasteiger partial charge in [0.2, 0.25) is 0 Å². The molecule has 2 aromatic carbocycles. The highest BCUT2D eigenvalue weighted by atomic mass is 16.6. The third kappa shape index (κ3) is 3.32. The summed E-state index contributed by atoms with van der Waals surface area (Å²) in [6.07, 6.45) is 1.49. The van der Waals surface area contributed by atoms with Crippen LogP contribution in [0.5, 0.6) is 5.75 Å². The molecule has 0 radical (unpaired) electrons. The number of benzene rings is 2. The molecule has 102 valence electrons. The molecule has 0 saturated carbocycles. The van der Waals surface area contributed by atoms with Crippen LogP contribution in [0.1, 0.15) is 11.1 Å². The number of rotatable bonds is 4. The van der Waals surface area contributed by atoms with Gasteiger partial charge in [-0.05, 0) is 31.2 Å². The van der Waals surface area contributed by atoms with Crippen LogP contribution in [0.25, 0.3) is 0 Å². The summed E-state index contributed by atoms with van der Waals surface area (Å²) in [5, 5.41) is 24.1. The van der Waals surface area contributed by atoms with E-state index in [9.17, 15) is 15.2 Å². The average Bonchev–Trinajstić information content (AvgIpc) is 2.43. The van der Waals surface area contributed by atoms with E-state index in [4.69, 9.17) is 0 Å². The van der Waals surface area contributed by atoms with Gasteiger partial charge >= 0.3 is 0 Å². The van der Waals surface area contributed by atoms with Crippen LogP contribution in [0.15, 0.2) is 47.6 Å². The van der Waals surface area contributed by atoms with Crippen molar-refractivity contribution in [2.45, 2.75) is 6.92 Å².